The van der Waals surface area contributed by atoms with Crippen molar-refractivity contribution >= 4 is 11.8 Å². The van der Waals surface area contributed by atoms with Crippen molar-refractivity contribution in [3.05, 3.63) is 48.0 Å². The van der Waals surface area contributed by atoms with E-state index >= 15 is 0 Å². The summed E-state index contributed by atoms with van der Waals surface area (Å²) in [5.74, 6) is 0.809. The summed E-state index contributed by atoms with van der Waals surface area (Å²) in [4.78, 5) is 41.2. The van der Waals surface area contributed by atoms with Crippen molar-refractivity contribution in [3.63, 3.8) is 0 Å². The van der Waals surface area contributed by atoms with Crippen LogP contribution in [0.2, 0.25) is 0 Å². The number of pyridine rings is 1. The molecule has 0 N–H and O–H groups in total. The maximum atomic E-state index is 12.6. The largest absolute Gasteiger partial charge is 0.463 e. The predicted molar refractivity (Wildman–Crippen MR) is 110 cm³/mol. The molecule has 8 nitrogen and oxygen atoms in total. The molecule has 1 unspecified atom stereocenters. The van der Waals surface area contributed by atoms with Gasteiger partial charge in [-0.15, -0.1) is 0 Å². The van der Waals surface area contributed by atoms with Crippen LogP contribution in [0.4, 0.5) is 0 Å². The fourth-order valence-corrected chi connectivity index (χ4v) is 4.10. The number of piperidine rings is 1. The van der Waals surface area contributed by atoms with Crippen LogP contribution in [0.25, 0.3) is 0 Å². The van der Waals surface area contributed by atoms with E-state index in [9.17, 15) is 9.59 Å². The number of likely N-dealkylation sites (tertiary alicyclic amines) is 2. The molecule has 0 bridgehead atoms. The Bertz CT molecular complexity index is 866. The van der Waals surface area contributed by atoms with Crippen LogP contribution >= 0.6 is 0 Å². The smallest absolute Gasteiger partial charge is 0.316 e. The molecule has 0 aliphatic carbocycles. The molecule has 4 heterocycles. The molecule has 2 aliphatic rings. The van der Waals surface area contributed by atoms with E-state index in [-0.39, 0.29) is 17.7 Å². The van der Waals surface area contributed by atoms with Gasteiger partial charge in [0.1, 0.15) is 0 Å². The third-order valence-electron chi connectivity index (χ3n) is 5.82. The Morgan fingerprint density at radius 2 is 1.90 bits per heavy atom. The van der Waals surface area contributed by atoms with Gasteiger partial charge in [-0.3, -0.25) is 14.6 Å². The van der Waals surface area contributed by atoms with E-state index in [2.05, 4.69) is 15.0 Å². The van der Waals surface area contributed by atoms with Crippen LogP contribution in [-0.4, -0.2) is 69.4 Å². The number of amides is 2. The minimum absolute atomic E-state index is 0.0403. The molecule has 158 valence electrons. The molecular formula is C22H27N5O3. The Hall–Kier alpha value is -3.03. The molecule has 30 heavy (non-hydrogen) atoms. The Kier molecular flexibility index (Phi) is 6.21. The lowest BCUT2D eigenvalue weighted by Gasteiger charge is -2.34. The zero-order valence-corrected chi connectivity index (χ0v) is 17.2. The quantitative estimate of drug-likeness (QED) is 0.725. The standard InChI is InChI=1S/C22H27N5O3/c1-16-3-4-19(12-25-16)21(29)26-9-5-17(6-10-26)13-27-14-18(11-20(27)28)15-30-22-23-7-2-8-24-22/h2-4,7-8,12,17-18H,5-6,9-11,13-15H2,1H3. The van der Waals surface area contributed by atoms with E-state index < -0.39 is 0 Å². The van der Waals surface area contributed by atoms with Crippen molar-refractivity contribution in [1.82, 2.24) is 24.8 Å². The predicted octanol–water partition coefficient (Wildman–Crippen LogP) is 1.96. The van der Waals surface area contributed by atoms with Gasteiger partial charge in [-0.25, -0.2) is 9.97 Å². The number of hydrogen-bond donors (Lipinski definition) is 0. The minimum atomic E-state index is 0.0403. The normalized spacial score (nSPS) is 19.9. The average molecular weight is 409 g/mol. The molecule has 1 atom stereocenters. The first kappa shape index (κ1) is 20.3. The topological polar surface area (TPSA) is 88.5 Å². The van der Waals surface area contributed by atoms with E-state index in [1.54, 1.807) is 24.7 Å². The number of aromatic nitrogens is 3. The second-order valence-electron chi connectivity index (χ2n) is 8.14. The number of hydrogen-bond acceptors (Lipinski definition) is 6. The Balaban J connectivity index is 1.22. The summed E-state index contributed by atoms with van der Waals surface area (Å²) in [6.07, 6.45) is 7.25. The van der Waals surface area contributed by atoms with E-state index in [4.69, 9.17) is 4.74 Å². The molecule has 0 aromatic carbocycles. The van der Waals surface area contributed by atoms with Gasteiger partial charge in [-0.1, -0.05) is 0 Å². The van der Waals surface area contributed by atoms with Crippen LogP contribution < -0.4 is 4.74 Å². The Labute approximate surface area is 176 Å². The monoisotopic (exact) mass is 409 g/mol. The minimum Gasteiger partial charge on any atom is -0.463 e. The Morgan fingerprint density at radius 1 is 1.13 bits per heavy atom. The van der Waals surface area contributed by atoms with E-state index in [0.29, 0.717) is 37.1 Å². The number of carbonyl (C=O) groups is 2. The van der Waals surface area contributed by atoms with Crippen LogP contribution in [0.1, 0.15) is 35.3 Å². The van der Waals surface area contributed by atoms with Gasteiger partial charge in [0.25, 0.3) is 5.91 Å². The molecule has 2 fully saturated rings. The number of carbonyl (C=O) groups excluding carboxylic acids is 2. The molecule has 0 spiro atoms. The number of rotatable bonds is 6. The molecule has 2 aliphatic heterocycles. The highest BCUT2D eigenvalue weighted by molar-refractivity contribution is 5.94. The lowest BCUT2D eigenvalue weighted by Crippen LogP contribution is -2.42. The highest BCUT2D eigenvalue weighted by Crippen LogP contribution is 2.25. The lowest BCUT2D eigenvalue weighted by atomic mass is 9.95. The molecule has 2 saturated heterocycles. The second kappa shape index (κ2) is 9.19. The van der Waals surface area contributed by atoms with E-state index in [1.807, 2.05) is 28.9 Å². The maximum Gasteiger partial charge on any atom is 0.316 e. The van der Waals surface area contributed by atoms with Crippen molar-refractivity contribution in [3.8, 4) is 6.01 Å². The average Bonchev–Trinajstić information content (AvgIpc) is 3.13. The molecule has 2 aromatic heterocycles. The second-order valence-corrected chi connectivity index (χ2v) is 8.14. The van der Waals surface area contributed by atoms with Crippen LogP contribution in [0, 0.1) is 18.8 Å². The first-order valence-corrected chi connectivity index (χ1v) is 10.5. The van der Waals surface area contributed by atoms with E-state index in [0.717, 1.165) is 38.2 Å². The fourth-order valence-electron chi connectivity index (χ4n) is 4.10. The van der Waals surface area contributed by atoms with Gasteiger partial charge >= 0.3 is 6.01 Å². The van der Waals surface area contributed by atoms with Gasteiger partial charge in [-0.05, 0) is 43.9 Å². The zero-order valence-electron chi connectivity index (χ0n) is 17.2. The van der Waals surface area contributed by atoms with Gasteiger partial charge in [0, 0.05) is 62.8 Å². The maximum absolute atomic E-state index is 12.6. The van der Waals surface area contributed by atoms with Crippen LogP contribution in [0.3, 0.4) is 0 Å². The molecule has 4 rings (SSSR count). The first-order chi connectivity index (χ1) is 14.6. The van der Waals surface area contributed by atoms with E-state index in [1.165, 1.54) is 0 Å². The highest BCUT2D eigenvalue weighted by Gasteiger charge is 2.33. The Morgan fingerprint density at radius 3 is 2.60 bits per heavy atom. The van der Waals surface area contributed by atoms with Gasteiger partial charge in [-0.2, -0.15) is 0 Å². The van der Waals surface area contributed by atoms with Crippen molar-refractivity contribution in [2.45, 2.75) is 26.2 Å². The van der Waals surface area contributed by atoms with Gasteiger partial charge in [0.2, 0.25) is 5.91 Å². The summed E-state index contributed by atoms with van der Waals surface area (Å²) in [7, 11) is 0. The summed E-state index contributed by atoms with van der Waals surface area (Å²) < 4.78 is 5.62. The summed E-state index contributed by atoms with van der Waals surface area (Å²) >= 11 is 0. The summed E-state index contributed by atoms with van der Waals surface area (Å²) in [6, 6.07) is 5.79. The van der Waals surface area contributed by atoms with Crippen molar-refractivity contribution in [1.29, 1.82) is 0 Å². The third-order valence-corrected chi connectivity index (χ3v) is 5.82. The summed E-state index contributed by atoms with van der Waals surface area (Å²) in [5, 5.41) is 0. The molecule has 8 heteroatoms. The van der Waals surface area contributed by atoms with Crippen LogP contribution in [0.15, 0.2) is 36.8 Å². The molecule has 2 amide bonds. The number of aryl methyl sites for hydroxylation is 1. The number of ether oxygens (including phenoxy) is 1. The summed E-state index contributed by atoms with van der Waals surface area (Å²) in [6.45, 7) is 5.26. The molecule has 2 aromatic rings. The van der Waals surface area contributed by atoms with Gasteiger partial charge < -0.3 is 14.5 Å². The lowest BCUT2D eigenvalue weighted by molar-refractivity contribution is -0.128. The van der Waals surface area contributed by atoms with Gasteiger partial charge in [0.15, 0.2) is 0 Å². The molecule has 0 radical (unpaired) electrons. The van der Waals surface area contributed by atoms with Crippen molar-refractivity contribution in [2.24, 2.45) is 11.8 Å². The zero-order chi connectivity index (χ0) is 20.9. The number of nitrogens with zero attached hydrogens (tertiary/aromatic N) is 5. The highest BCUT2D eigenvalue weighted by atomic mass is 16.5. The molecule has 0 saturated carbocycles. The summed E-state index contributed by atoms with van der Waals surface area (Å²) in [5.41, 5.74) is 1.54. The first-order valence-electron chi connectivity index (χ1n) is 10.5. The fraction of sp³-hybridized carbons (Fsp3) is 0.500. The third kappa shape index (κ3) is 4.93. The van der Waals surface area contributed by atoms with Crippen LogP contribution in [0.5, 0.6) is 6.01 Å². The van der Waals surface area contributed by atoms with Crippen LogP contribution in [-0.2, 0) is 4.79 Å². The molecular weight excluding hydrogens is 382 g/mol. The van der Waals surface area contributed by atoms with Crippen molar-refractivity contribution < 1.29 is 14.3 Å². The SMILES string of the molecule is Cc1ccc(C(=O)N2CCC(CN3CC(COc4ncccn4)CC3=O)CC2)cn1. The van der Waals surface area contributed by atoms with Gasteiger partial charge in [0.05, 0.1) is 12.2 Å². The van der Waals surface area contributed by atoms with Crippen molar-refractivity contribution in [2.75, 3.05) is 32.8 Å².